The van der Waals surface area contributed by atoms with Crippen LogP contribution in [0.25, 0.3) is 0 Å². The van der Waals surface area contributed by atoms with E-state index in [0.717, 1.165) is 0 Å². The number of rotatable bonds is 0. The van der Waals surface area contributed by atoms with Gasteiger partial charge in [-0.15, -0.1) is 0 Å². The van der Waals surface area contributed by atoms with E-state index >= 15 is 0 Å². The van der Waals surface area contributed by atoms with Gasteiger partial charge in [-0.25, -0.2) is 0 Å². The normalized spacial score (nSPS) is 12.0. The van der Waals surface area contributed by atoms with Gasteiger partial charge in [-0.1, -0.05) is 0 Å². The fourth-order valence-electron chi connectivity index (χ4n) is 0. The van der Waals surface area contributed by atoms with Crippen molar-refractivity contribution in [1.82, 2.24) is 0 Å². The Labute approximate surface area is 52.4 Å². The molecule has 0 aromatic heterocycles. The minimum absolute atomic E-state index is 2.22. The molecule has 0 N–H and O–H groups in total. The quantitative estimate of drug-likeness (QED) is 0.410. The number of halogens is 3. The predicted octanol–water partition coefficient (Wildman–Crippen LogP) is 2.93. The molecule has 0 aliphatic carbocycles. The number of hydrogen-bond acceptors (Lipinski definition) is 0. The first kappa shape index (κ1) is 6.82. The molecule has 0 fully saturated rings. The molecule has 0 nitrogen and oxygen atoms in total. The van der Waals surface area contributed by atoms with Gasteiger partial charge in [0.2, 0.25) is 0 Å². The van der Waals surface area contributed by atoms with Gasteiger partial charge in [-0.05, 0) is 0 Å². The second-order valence-corrected chi connectivity index (χ2v) is 11.8. The van der Waals surface area contributed by atoms with E-state index in [4.69, 9.17) is 33.7 Å². The van der Waals surface area contributed by atoms with Crippen LogP contribution in [-0.2, 0) is 15.1 Å². The van der Waals surface area contributed by atoms with Crippen molar-refractivity contribution in [3.05, 3.63) is 0 Å². The molecule has 0 aromatic carbocycles. The molecule has 0 rings (SSSR count). The van der Waals surface area contributed by atoms with Crippen LogP contribution in [0, 0.1) is 0 Å². The molecule has 34 valence electrons. The molecule has 0 aliphatic rings. The summed E-state index contributed by atoms with van der Waals surface area (Å²) in [5, 5.41) is 0. The maximum atomic E-state index is 5.06. The molecule has 0 aromatic rings. The second kappa shape index (κ2) is 2.21. The van der Waals surface area contributed by atoms with E-state index in [9.17, 15) is 0 Å². The van der Waals surface area contributed by atoms with Gasteiger partial charge in [0.25, 0.3) is 0 Å². The fraction of sp³-hybridized carbons (Fsp3) is 0. The summed E-state index contributed by atoms with van der Waals surface area (Å²) in [4.78, 5) is 0. The summed E-state index contributed by atoms with van der Waals surface area (Å²) >= 11 is 18.4. The molecular formula is Cl3FeP. The average molecular weight is 193 g/mol. The van der Waals surface area contributed by atoms with Crippen molar-refractivity contribution in [3.63, 3.8) is 0 Å². The van der Waals surface area contributed by atoms with Gasteiger partial charge in [0.15, 0.2) is 0 Å². The third kappa shape index (κ3) is 25.6. The zero-order valence-electron chi connectivity index (χ0n) is 1.93. The third-order valence-electron chi connectivity index (χ3n) is 0. The second-order valence-electron chi connectivity index (χ2n) is 0.371. The van der Waals surface area contributed by atoms with Crippen LogP contribution in [0.2, 0.25) is 0 Å². The Morgan fingerprint density at radius 1 is 1.20 bits per heavy atom. The molecule has 0 atom stereocenters. The molecule has 0 radical (unpaired) electrons. The summed E-state index contributed by atoms with van der Waals surface area (Å²) in [7, 11) is 0. The van der Waals surface area contributed by atoms with Gasteiger partial charge < -0.3 is 0 Å². The van der Waals surface area contributed by atoms with E-state index in [1.165, 1.54) is 0 Å². The van der Waals surface area contributed by atoms with Crippen LogP contribution >= 0.6 is 37.3 Å². The molecule has 0 amide bonds. The first-order valence-electron chi connectivity index (χ1n) is 0.665. The third-order valence-corrected chi connectivity index (χ3v) is 0. The Bertz CT molecular complexity index is 53.0. The molecule has 0 bridgehead atoms. The predicted molar refractivity (Wildman–Crippen MR) is 24.5 cm³/mol. The topological polar surface area (TPSA) is 0 Å². The van der Waals surface area contributed by atoms with Crippen molar-refractivity contribution >= 4 is 37.3 Å². The van der Waals surface area contributed by atoms with Crippen molar-refractivity contribution in [2.24, 2.45) is 0 Å². The van der Waals surface area contributed by atoms with Gasteiger partial charge in [-0.3, -0.25) is 0 Å². The molecule has 5 heavy (non-hydrogen) atoms. The van der Waals surface area contributed by atoms with E-state index in [1.807, 2.05) is 0 Å². The molecule has 0 aliphatic heterocycles. The Balaban J connectivity index is 3.47. The van der Waals surface area contributed by atoms with Crippen LogP contribution in [0.15, 0.2) is 0 Å². The Morgan fingerprint density at radius 3 is 1.20 bits per heavy atom. The molecule has 0 saturated heterocycles. The first-order valence-corrected chi connectivity index (χ1v) is 6.52. The Hall–Kier alpha value is 1.82. The summed E-state index contributed by atoms with van der Waals surface area (Å²) in [6, 6.07) is 0. The summed E-state index contributed by atoms with van der Waals surface area (Å²) in [6.45, 7) is 0. The van der Waals surface area contributed by atoms with E-state index in [1.54, 1.807) is 0 Å². The maximum absolute atomic E-state index is 5.06. The fourth-order valence-corrected chi connectivity index (χ4v) is 0. The van der Waals surface area contributed by atoms with Crippen LogP contribution in [0.1, 0.15) is 0 Å². The van der Waals surface area contributed by atoms with Gasteiger partial charge in [0.1, 0.15) is 0 Å². The average Bonchev–Trinajstić information content (AvgIpc) is 0.722. The van der Waals surface area contributed by atoms with Crippen molar-refractivity contribution in [3.8, 4) is 0 Å². The van der Waals surface area contributed by atoms with Crippen molar-refractivity contribution < 1.29 is 15.1 Å². The molecular weight excluding hydrogens is 193 g/mol. The summed E-state index contributed by atoms with van der Waals surface area (Å²) < 4.78 is -2.22. The van der Waals surface area contributed by atoms with Gasteiger partial charge in [-0.2, -0.15) is 0 Å². The van der Waals surface area contributed by atoms with Crippen LogP contribution < -0.4 is 0 Å². The van der Waals surface area contributed by atoms with Crippen LogP contribution in [0.5, 0.6) is 0 Å². The van der Waals surface area contributed by atoms with Gasteiger partial charge in [0, 0.05) is 0 Å². The zero-order chi connectivity index (χ0) is 4.50. The van der Waals surface area contributed by atoms with Crippen LogP contribution in [0.3, 0.4) is 0 Å². The summed E-state index contributed by atoms with van der Waals surface area (Å²) in [5.41, 5.74) is 0. The van der Waals surface area contributed by atoms with Gasteiger partial charge >= 0.3 is 52.4 Å². The van der Waals surface area contributed by atoms with Crippen molar-refractivity contribution in [2.45, 2.75) is 0 Å². The van der Waals surface area contributed by atoms with E-state index in [0.29, 0.717) is 0 Å². The minimum atomic E-state index is -2.22. The molecule has 0 saturated carbocycles. The van der Waals surface area contributed by atoms with Crippen molar-refractivity contribution in [1.29, 1.82) is 0 Å². The van der Waals surface area contributed by atoms with Crippen LogP contribution in [0.4, 0.5) is 0 Å². The van der Waals surface area contributed by atoms with Gasteiger partial charge in [0.05, 0.1) is 0 Å². The first-order chi connectivity index (χ1) is 2.00. The van der Waals surface area contributed by atoms with E-state index in [2.05, 4.69) is 15.1 Å². The molecule has 5 heteroatoms. The zero-order valence-corrected chi connectivity index (χ0v) is 6.20. The van der Waals surface area contributed by atoms with Crippen LogP contribution in [-0.4, -0.2) is 0 Å². The molecule has 0 unspecified atom stereocenters. The standard InChI is InChI=1S/Cl3P.Fe/c1-4(2)3;. The van der Waals surface area contributed by atoms with Crippen molar-refractivity contribution in [2.75, 3.05) is 0 Å². The molecule has 0 spiro atoms. The Kier molecular flexibility index (Phi) is 3.02. The molecule has 0 heterocycles. The SMILES string of the molecule is Cl[P](Cl)(Cl)=[Fe]. The van der Waals surface area contributed by atoms with E-state index < -0.39 is 3.57 Å². The summed E-state index contributed by atoms with van der Waals surface area (Å²) in [6.07, 6.45) is 0. The number of hydrogen-bond donors (Lipinski definition) is 0. The summed E-state index contributed by atoms with van der Waals surface area (Å²) in [5.74, 6) is 0. The monoisotopic (exact) mass is 192 g/mol. The Morgan fingerprint density at radius 2 is 1.20 bits per heavy atom. The van der Waals surface area contributed by atoms with E-state index in [-0.39, 0.29) is 0 Å².